The van der Waals surface area contributed by atoms with E-state index in [1.54, 1.807) is 43.6 Å². The van der Waals surface area contributed by atoms with Gasteiger partial charge in [-0.25, -0.2) is 14.7 Å². The molecule has 0 spiro atoms. The Morgan fingerprint density at radius 2 is 1.86 bits per heavy atom. The lowest BCUT2D eigenvalue weighted by molar-refractivity contribution is 0.190. The van der Waals surface area contributed by atoms with E-state index >= 15 is 0 Å². The van der Waals surface area contributed by atoms with Crippen molar-refractivity contribution in [1.82, 2.24) is 9.97 Å². The van der Waals surface area contributed by atoms with Crippen LogP contribution in [0.2, 0.25) is 5.02 Å². The number of methoxy groups -OCH3 is 1. The van der Waals surface area contributed by atoms with E-state index < -0.39 is 0 Å². The number of urea groups is 1. The molecule has 1 aromatic heterocycles. The highest BCUT2D eigenvalue weighted by Crippen LogP contribution is 2.25. The monoisotopic (exact) mass is 411 g/mol. The maximum atomic E-state index is 13.1. The van der Waals surface area contributed by atoms with Gasteiger partial charge in [0.05, 0.1) is 12.3 Å². The van der Waals surface area contributed by atoms with Gasteiger partial charge in [-0.15, -0.1) is 0 Å². The Labute approximate surface area is 174 Å². The van der Waals surface area contributed by atoms with E-state index in [9.17, 15) is 4.79 Å². The molecule has 2 N–H and O–H groups in total. The number of rotatable bonds is 7. The third kappa shape index (κ3) is 5.66. The Hall–Kier alpha value is -3.16. The molecule has 29 heavy (non-hydrogen) atoms. The zero-order chi connectivity index (χ0) is 20.6. The number of amides is 2. The first-order valence-electron chi connectivity index (χ1n) is 9.07. The molecule has 0 fully saturated rings. The molecule has 0 saturated heterocycles. The van der Waals surface area contributed by atoms with Gasteiger partial charge in [-0.2, -0.15) is 4.98 Å². The number of anilines is 4. The van der Waals surface area contributed by atoms with Gasteiger partial charge in [0.25, 0.3) is 0 Å². The average molecular weight is 412 g/mol. The first-order chi connectivity index (χ1) is 14.1. The lowest BCUT2D eigenvalue weighted by Crippen LogP contribution is -2.32. The third-order valence-corrected chi connectivity index (χ3v) is 4.23. The molecule has 0 bridgehead atoms. The summed E-state index contributed by atoms with van der Waals surface area (Å²) in [6, 6.07) is 17.5. The van der Waals surface area contributed by atoms with Gasteiger partial charge >= 0.3 is 6.03 Å². The van der Waals surface area contributed by atoms with Crippen LogP contribution in [0.1, 0.15) is 6.92 Å². The number of halogens is 1. The Balaban J connectivity index is 1.90. The predicted molar refractivity (Wildman–Crippen MR) is 116 cm³/mol. The fourth-order valence-electron chi connectivity index (χ4n) is 2.70. The molecule has 0 aliphatic rings. The van der Waals surface area contributed by atoms with Crippen molar-refractivity contribution in [2.75, 3.05) is 29.3 Å². The molecular weight excluding hydrogens is 390 g/mol. The third-order valence-electron chi connectivity index (χ3n) is 3.98. The second kappa shape index (κ2) is 9.86. The number of carbonyl (C=O) groups excluding carboxylic acids is 1. The highest BCUT2D eigenvalue weighted by atomic mass is 35.5. The first kappa shape index (κ1) is 20.6. The van der Waals surface area contributed by atoms with Gasteiger partial charge in [0.15, 0.2) is 0 Å². The number of nitrogens with zero attached hydrogens (tertiary/aromatic N) is 3. The Kier molecular flexibility index (Phi) is 6.99. The van der Waals surface area contributed by atoms with E-state index in [1.807, 2.05) is 37.3 Å². The van der Waals surface area contributed by atoms with Crippen LogP contribution in [0.25, 0.3) is 0 Å². The van der Waals surface area contributed by atoms with Gasteiger partial charge < -0.3 is 15.4 Å². The van der Waals surface area contributed by atoms with Crippen LogP contribution in [0.3, 0.4) is 0 Å². The smallest absolute Gasteiger partial charge is 0.332 e. The molecule has 1 atom stereocenters. The van der Waals surface area contributed by atoms with E-state index in [2.05, 4.69) is 20.6 Å². The molecule has 2 aromatic carbocycles. The SMILES string of the molecule is COCC(C)Nc1nccc(N(C(=O)Nc2ccc(Cl)cc2)c2ccccc2)n1. The zero-order valence-corrected chi connectivity index (χ0v) is 16.9. The minimum absolute atomic E-state index is 0.0170. The maximum absolute atomic E-state index is 13.1. The fourth-order valence-corrected chi connectivity index (χ4v) is 2.82. The van der Waals surface area contributed by atoms with E-state index in [-0.39, 0.29) is 12.1 Å². The van der Waals surface area contributed by atoms with Crippen LogP contribution >= 0.6 is 11.6 Å². The van der Waals surface area contributed by atoms with Crippen molar-refractivity contribution in [2.24, 2.45) is 0 Å². The lowest BCUT2D eigenvalue weighted by Gasteiger charge is -2.23. The van der Waals surface area contributed by atoms with Crippen LogP contribution in [0, 0.1) is 0 Å². The van der Waals surface area contributed by atoms with Crippen LogP contribution in [-0.4, -0.2) is 35.8 Å². The van der Waals surface area contributed by atoms with Crippen molar-refractivity contribution >= 4 is 40.8 Å². The van der Waals surface area contributed by atoms with Crippen molar-refractivity contribution in [3.05, 3.63) is 71.9 Å². The van der Waals surface area contributed by atoms with Gasteiger partial charge in [-0.05, 0) is 43.3 Å². The number of hydrogen-bond acceptors (Lipinski definition) is 5. The Morgan fingerprint density at radius 3 is 2.55 bits per heavy atom. The van der Waals surface area contributed by atoms with E-state index in [0.29, 0.717) is 34.8 Å². The van der Waals surface area contributed by atoms with Gasteiger partial charge in [0.1, 0.15) is 5.82 Å². The minimum Gasteiger partial charge on any atom is -0.383 e. The number of nitrogens with one attached hydrogen (secondary N) is 2. The van der Waals surface area contributed by atoms with Gasteiger partial charge in [0, 0.05) is 36.1 Å². The maximum Gasteiger partial charge on any atom is 0.332 e. The summed E-state index contributed by atoms with van der Waals surface area (Å²) in [6.45, 7) is 2.47. The van der Waals surface area contributed by atoms with E-state index in [4.69, 9.17) is 16.3 Å². The molecule has 1 heterocycles. The van der Waals surface area contributed by atoms with Crippen LogP contribution in [0.4, 0.5) is 27.9 Å². The largest absolute Gasteiger partial charge is 0.383 e. The number of hydrogen-bond donors (Lipinski definition) is 2. The van der Waals surface area contributed by atoms with E-state index in [0.717, 1.165) is 0 Å². The van der Waals surface area contributed by atoms with Gasteiger partial charge in [-0.1, -0.05) is 29.8 Å². The Bertz CT molecular complexity index is 937. The summed E-state index contributed by atoms with van der Waals surface area (Å²) in [7, 11) is 1.63. The van der Waals surface area contributed by atoms with E-state index in [1.165, 1.54) is 4.90 Å². The average Bonchev–Trinajstić information content (AvgIpc) is 2.71. The second-order valence-electron chi connectivity index (χ2n) is 6.35. The summed E-state index contributed by atoms with van der Waals surface area (Å²) < 4.78 is 5.13. The number of benzene rings is 2. The van der Waals surface area contributed by atoms with Gasteiger partial charge in [0.2, 0.25) is 5.95 Å². The second-order valence-corrected chi connectivity index (χ2v) is 6.78. The molecule has 8 heteroatoms. The molecule has 0 aliphatic heterocycles. The summed E-state index contributed by atoms with van der Waals surface area (Å²) in [4.78, 5) is 23.4. The summed E-state index contributed by atoms with van der Waals surface area (Å²) in [5, 5.41) is 6.64. The molecule has 0 radical (unpaired) electrons. The molecule has 2 amide bonds. The number of para-hydroxylation sites is 1. The highest BCUT2D eigenvalue weighted by Gasteiger charge is 2.20. The number of ether oxygens (including phenoxy) is 1. The predicted octanol–water partition coefficient (Wildman–Crippen LogP) is 4.95. The van der Waals surface area contributed by atoms with Crippen molar-refractivity contribution in [3.63, 3.8) is 0 Å². The van der Waals surface area contributed by atoms with Crippen LogP contribution in [-0.2, 0) is 4.74 Å². The summed E-state index contributed by atoms with van der Waals surface area (Å²) >= 11 is 5.93. The quantitative estimate of drug-likeness (QED) is 0.575. The lowest BCUT2D eigenvalue weighted by atomic mass is 10.3. The van der Waals surface area contributed by atoms with Crippen LogP contribution < -0.4 is 15.5 Å². The molecule has 7 nitrogen and oxygen atoms in total. The molecule has 150 valence electrons. The first-order valence-corrected chi connectivity index (χ1v) is 9.45. The van der Waals surface area contributed by atoms with Gasteiger partial charge in [-0.3, -0.25) is 0 Å². The van der Waals surface area contributed by atoms with Crippen LogP contribution in [0.15, 0.2) is 66.9 Å². The molecule has 3 rings (SSSR count). The summed E-state index contributed by atoms with van der Waals surface area (Å²) in [6.07, 6.45) is 1.61. The number of aromatic nitrogens is 2. The standard InChI is InChI=1S/C21H22ClN5O2/c1-15(14-29-2)24-20-23-13-12-19(26-20)27(18-6-4-3-5-7-18)21(28)25-17-10-8-16(22)9-11-17/h3-13,15H,14H2,1-2H3,(H,25,28)(H,23,24,26). The minimum atomic E-state index is -0.354. The topological polar surface area (TPSA) is 79.4 Å². The zero-order valence-electron chi connectivity index (χ0n) is 16.2. The van der Waals surface area contributed by atoms with Crippen molar-refractivity contribution in [1.29, 1.82) is 0 Å². The normalized spacial score (nSPS) is 11.6. The number of carbonyl (C=O) groups is 1. The molecule has 0 aliphatic carbocycles. The van der Waals surface area contributed by atoms with Crippen molar-refractivity contribution in [3.8, 4) is 0 Å². The summed E-state index contributed by atoms with van der Waals surface area (Å²) in [5.41, 5.74) is 1.30. The molecule has 3 aromatic rings. The summed E-state index contributed by atoms with van der Waals surface area (Å²) in [5.74, 6) is 0.844. The fraction of sp³-hybridized carbons (Fsp3) is 0.190. The molecular formula is C21H22ClN5O2. The van der Waals surface area contributed by atoms with Crippen molar-refractivity contribution < 1.29 is 9.53 Å². The molecule has 1 unspecified atom stereocenters. The van der Waals surface area contributed by atoms with Crippen molar-refractivity contribution in [2.45, 2.75) is 13.0 Å². The Morgan fingerprint density at radius 1 is 1.14 bits per heavy atom. The molecule has 0 saturated carbocycles. The highest BCUT2D eigenvalue weighted by molar-refractivity contribution is 6.30. The van der Waals surface area contributed by atoms with Crippen LogP contribution in [0.5, 0.6) is 0 Å².